The van der Waals surface area contributed by atoms with Gasteiger partial charge >= 0.3 is 5.97 Å². The van der Waals surface area contributed by atoms with Crippen molar-refractivity contribution >= 4 is 28.7 Å². The Morgan fingerprint density at radius 2 is 2.00 bits per heavy atom. The number of likely N-dealkylation sites (tertiary alicyclic amines) is 1. The summed E-state index contributed by atoms with van der Waals surface area (Å²) in [5.74, 6) is -0.635. The lowest BCUT2D eigenvalue weighted by Gasteiger charge is -2.40. The highest BCUT2D eigenvalue weighted by atomic mass is 32.2. The molecule has 1 aliphatic rings. The fourth-order valence-corrected chi connectivity index (χ4v) is 4.05. The van der Waals surface area contributed by atoms with Gasteiger partial charge in [0, 0.05) is 5.56 Å². The number of carbonyl (C=O) groups is 2. The van der Waals surface area contributed by atoms with Gasteiger partial charge in [-0.05, 0) is 38.8 Å². The zero-order valence-corrected chi connectivity index (χ0v) is 17.5. The predicted octanol–water partition coefficient (Wildman–Crippen LogP) is 2.96. The van der Waals surface area contributed by atoms with Gasteiger partial charge in [0.1, 0.15) is 28.7 Å². The van der Waals surface area contributed by atoms with Crippen molar-refractivity contribution < 1.29 is 23.1 Å². The molecule has 2 atom stereocenters. The molecule has 2 unspecified atom stereocenters. The van der Waals surface area contributed by atoms with Gasteiger partial charge in [0.25, 0.3) is 0 Å². The number of ether oxygens (including phenoxy) is 1. The van der Waals surface area contributed by atoms with Crippen molar-refractivity contribution in [3.05, 3.63) is 58.4 Å². The number of nitrogens with zero attached hydrogens (tertiary/aromatic N) is 2. The van der Waals surface area contributed by atoms with Crippen LogP contribution in [0.1, 0.15) is 37.1 Å². The van der Waals surface area contributed by atoms with Crippen LogP contribution in [-0.2, 0) is 31.9 Å². The minimum atomic E-state index is -1.69. The van der Waals surface area contributed by atoms with E-state index in [0.717, 1.165) is 11.1 Å². The lowest BCUT2D eigenvalue weighted by molar-refractivity contribution is -0.150. The number of β-lactam (4-membered cyclic amide) rings is 1. The first-order valence-electron chi connectivity index (χ1n) is 9.10. The maximum atomic E-state index is 12.8. The van der Waals surface area contributed by atoms with Crippen molar-refractivity contribution in [2.24, 2.45) is 0 Å². The second-order valence-electron chi connectivity index (χ2n) is 6.95. The summed E-state index contributed by atoms with van der Waals surface area (Å²) in [4.78, 5) is 26.2. The monoisotopic (exact) mass is 417 g/mol. The van der Waals surface area contributed by atoms with Crippen LogP contribution in [0, 0.1) is 13.8 Å². The van der Waals surface area contributed by atoms with E-state index in [9.17, 15) is 13.8 Å². The molecule has 1 aromatic carbocycles. The average Bonchev–Trinajstić information content (AvgIpc) is 3.00. The van der Waals surface area contributed by atoms with E-state index in [2.05, 4.69) is 9.88 Å². The molecule has 1 N–H and O–H groups in total. The van der Waals surface area contributed by atoms with Crippen LogP contribution in [-0.4, -0.2) is 31.5 Å². The minimum Gasteiger partial charge on any atom is -0.456 e. The van der Waals surface area contributed by atoms with Crippen molar-refractivity contribution in [3.63, 3.8) is 0 Å². The molecule has 0 radical (unpaired) electrons. The van der Waals surface area contributed by atoms with E-state index >= 15 is 0 Å². The number of carbonyl (C=O) groups excluding carboxylic acids is 2. The Balaban J connectivity index is 1.73. The van der Waals surface area contributed by atoms with Gasteiger partial charge in [-0.1, -0.05) is 35.5 Å². The van der Waals surface area contributed by atoms with Crippen LogP contribution < -0.4 is 4.72 Å². The number of aromatic nitrogens is 1. The third-order valence-electron chi connectivity index (χ3n) is 4.62. The van der Waals surface area contributed by atoms with Gasteiger partial charge in [-0.2, -0.15) is 0 Å². The SMILES string of the molecule is CC(C)=C(C(=O)OCc1ccccc1)N1C(=O)CC1S(=O)Nc1onc(C)c1C. The molecule has 2 aromatic rings. The van der Waals surface area contributed by atoms with Crippen LogP contribution in [0.25, 0.3) is 0 Å². The summed E-state index contributed by atoms with van der Waals surface area (Å²) in [7, 11) is -1.69. The highest BCUT2D eigenvalue weighted by molar-refractivity contribution is 7.87. The molecule has 1 aromatic heterocycles. The third kappa shape index (κ3) is 4.40. The third-order valence-corrected chi connectivity index (χ3v) is 5.88. The number of rotatable bonds is 7. The number of hydrogen-bond acceptors (Lipinski definition) is 6. The molecule has 1 amide bonds. The predicted molar refractivity (Wildman–Crippen MR) is 108 cm³/mol. The van der Waals surface area contributed by atoms with E-state index in [0.29, 0.717) is 11.3 Å². The summed E-state index contributed by atoms with van der Waals surface area (Å²) < 4.78 is 26.0. The molecule has 3 rings (SSSR count). The van der Waals surface area contributed by atoms with E-state index in [1.165, 1.54) is 4.90 Å². The Kier molecular flexibility index (Phi) is 6.17. The molecule has 8 nitrogen and oxygen atoms in total. The zero-order chi connectivity index (χ0) is 21.1. The number of esters is 1. The summed E-state index contributed by atoms with van der Waals surface area (Å²) in [6, 6.07) is 9.25. The first-order chi connectivity index (χ1) is 13.8. The molecule has 0 spiro atoms. The number of nitrogens with one attached hydrogen (secondary N) is 1. The van der Waals surface area contributed by atoms with Crippen LogP contribution in [0.5, 0.6) is 0 Å². The molecule has 0 aliphatic carbocycles. The molecule has 0 bridgehead atoms. The number of benzene rings is 1. The van der Waals surface area contributed by atoms with Crippen LogP contribution >= 0.6 is 0 Å². The van der Waals surface area contributed by atoms with Gasteiger partial charge in [0.15, 0.2) is 0 Å². The van der Waals surface area contributed by atoms with Crippen molar-refractivity contribution in [3.8, 4) is 0 Å². The highest BCUT2D eigenvalue weighted by Gasteiger charge is 2.45. The van der Waals surface area contributed by atoms with E-state index in [4.69, 9.17) is 9.26 Å². The molecule has 29 heavy (non-hydrogen) atoms. The van der Waals surface area contributed by atoms with E-state index in [1.54, 1.807) is 27.7 Å². The Bertz CT molecular complexity index is 979. The van der Waals surface area contributed by atoms with Crippen molar-refractivity contribution in [2.45, 2.75) is 46.1 Å². The van der Waals surface area contributed by atoms with Gasteiger partial charge in [0.2, 0.25) is 11.8 Å². The highest BCUT2D eigenvalue weighted by Crippen LogP contribution is 2.31. The lowest BCUT2D eigenvalue weighted by atomic mass is 10.1. The van der Waals surface area contributed by atoms with Gasteiger partial charge in [0.05, 0.1) is 12.1 Å². The number of anilines is 1. The summed E-state index contributed by atoms with van der Waals surface area (Å²) in [5, 5.41) is 3.11. The van der Waals surface area contributed by atoms with E-state index < -0.39 is 22.3 Å². The van der Waals surface area contributed by atoms with Crippen molar-refractivity contribution in [2.75, 3.05) is 4.72 Å². The molecule has 1 saturated heterocycles. The minimum absolute atomic E-state index is 0.0501. The number of aryl methyl sites for hydroxylation is 1. The Labute approximate surface area is 171 Å². The van der Waals surface area contributed by atoms with Crippen LogP contribution in [0.15, 0.2) is 46.1 Å². The Morgan fingerprint density at radius 3 is 2.55 bits per heavy atom. The van der Waals surface area contributed by atoms with Gasteiger partial charge in [-0.3, -0.25) is 14.4 Å². The normalized spacial score (nSPS) is 16.8. The standard InChI is InChI=1S/C20H23N3O5S/c1-12(2)18(20(25)27-11-15-8-6-5-7-9-15)23-16(24)10-17(23)29(26)22-19-13(3)14(4)21-28-19/h5-9,17,22H,10-11H2,1-4H3. The fourth-order valence-electron chi connectivity index (χ4n) is 2.83. The van der Waals surface area contributed by atoms with Crippen LogP contribution in [0.4, 0.5) is 5.88 Å². The molecule has 0 saturated carbocycles. The van der Waals surface area contributed by atoms with Crippen LogP contribution in [0.3, 0.4) is 0 Å². The molecule has 9 heteroatoms. The fraction of sp³-hybridized carbons (Fsp3) is 0.350. The number of amides is 1. The number of allylic oxidation sites excluding steroid dienone is 1. The zero-order valence-electron chi connectivity index (χ0n) is 16.7. The molecule has 154 valence electrons. The van der Waals surface area contributed by atoms with Gasteiger partial charge in [-0.25, -0.2) is 9.00 Å². The van der Waals surface area contributed by atoms with Crippen molar-refractivity contribution in [1.82, 2.24) is 10.1 Å². The second kappa shape index (κ2) is 8.60. The smallest absolute Gasteiger partial charge is 0.355 e. The van der Waals surface area contributed by atoms with Gasteiger partial charge < -0.3 is 9.26 Å². The number of hydrogen-bond donors (Lipinski definition) is 1. The van der Waals surface area contributed by atoms with E-state index in [-0.39, 0.29) is 30.5 Å². The summed E-state index contributed by atoms with van der Waals surface area (Å²) >= 11 is 0. The molecule has 2 heterocycles. The second-order valence-corrected chi connectivity index (χ2v) is 8.30. The van der Waals surface area contributed by atoms with Crippen LogP contribution in [0.2, 0.25) is 0 Å². The Morgan fingerprint density at radius 1 is 1.31 bits per heavy atom. The van der Waals surface area contributed by atoms with E-state index in [1.807, 2.05) is 30.3 Å². The maximum Gasteiger partial charge on any atom is 0.355 e. The summed E-state index contributed by atoms with van der Waals surface area (Å²) in [6.07, 6.45) is 0.0501. The molecular weight excluding hydrogens is 394 g/mol. The largest absolute Gasteiger partial charge is 0.456 e. The van der Waals surface area contributed by atoms with Gasteiger partial charge in [-0.15, -0.1) is 0 Å². The topological polar surface area (TPSA) is 102 Å². The lowest BCUT2D eigenvalue weighted by Crippen LogP contribution is -2.56. The first kappa shape index (κ1) is 20.8. The molecule has 1 aliphatic heterocycles. The summed E-state index contributed by atoms with van der Waals surface area (Å²) in [6.45, 7) is 7.07. The molecular formula is C20H23N3O5S. The maximum absolute atomic E-state index is 12.8. The summed E-state index contributed by atoms with van der Waals surface area (Å²) in [5.41, 5.74) is 2.97. The average molecular weight is 417 g/mol. The first-order valence-corrected chi connectivity index (χ1v) is 10.3. The quantitative estimate of drug-likeness (QED) is 0.422. The van der Waals surface area contributed by atoms with Crippen molar-refractivity contribution in [1.29, 1.82) is 0 Å². The Hall–Kier alpha value is -2.94. The molecule has 1 fully saturated rings.